The van der Waals surface area contributed by atoms with Crippen LogP contribution in [0.1, 0.15) is 11.1 Å². The number of hydrogen-bond acceptors (Lipinski definition) is 4. The summed E-state index contributed by atoms with van der Waals surface area (Å²) < 4.78 is 29.6. The van der Waals surface area contributed by atoms with Gasteiger partial charge in [-0.25, -0.2) is 8.42 Å². The Morgan fingerprint density at radius 3 is 2.76 bits per heavy atom. The quantitative estimate of drug-likeness (QED) is 0.730. The van der Waals surface area contributed by atoms with Gasteiger partial charge >= 0.3 is 0 Å². The Hall–Kier alpha value is -1.11. The van der Waals surface area contributed by atoms with Crippen LogP contribution in [-0.4, -0.2) is 20.0 Å². The fourth-order valence-corrected chi connectivity index (χ4v) is 3.66. The first kappa shape index (κ1) is 16.3. The molecule has 4 nitrogen and oxygen atoms in total. The maximum atomic E-state index is 11.6. The Morgan fingerprint density at radius 2 is 2.14 bits per heavy atom. The molecule has 0 N–H and O–H groups in total. The highest BCUT2D eigenvalue weighted by Crippen LogP contribution is 2.33. The molecule has 0 radical (unpaired) electrons. The summed E-state index contributed by atoms with van der Waals surface area (Å²) in [7, 11) is 1.60. The van der Waals surface area contributed by atoms with E-state index < -0.39 is 9.05 Å². The summed E-state index contributed by atoms with van der Waals surface area (Å²) in [5.41, 5.74) is 1.72. The van der Waals surface area contributed by atoms with Crippen LogP contribution in [0.15, 0.2) is 46.0 Å². The maximum absolute atomic E-state index is 11.6. The highest BCUT2D eigenvalue weighted by Gasteiger charge is 2.20. The zero-order chi connectivity index (χ0) is 15.5. The molecule has 1 aromatic carbocycles. The molecule has 0 bridgehead atoms. The Morgan fingerprint density at radius 1 is 1.38 bits per heavy atom. The number of nitrogens with zero attached hydrogens (tertiary/aromatic N) is 1. The van der Waals surface area contributed by atoms with Crippen molar-refractivity contribution in [1.82, 2.24) is 4.98 Å². The first-order chi connectivity index (χ1) is 9.88. The Bertz CT molecular complexity index is 735. The molecule has 0 aliphatic carbocycles. The van der Waals surface area contributed by atoms with Crippen molar-refractivity contribution >= 4 is 35.7 Å². The zero-order valence-electron chi connectivity index (χ0n) is 11.2. The van der Waals surface area contributed by atoms with Crippen LogP contribution >= 0.6 is 26.6 Å². The molecular weight excluding hydrogens is 378 g/mol. The van der Waals surface area contributed by atoms with Gasteiger partial charge in [-0.3, -0.25) is 4.98 Å². The first-order valence-corrected chi connectivity index (χ1v) is 9.24. The largest absolute Gasteiger partial charge is 0.492 e. The van der Waals surface area contributed by atoms with Gasteiger partial charge in [0.25, 0.3) is 9.05 Å². The predicted octanol–water partition coefficient (Wildman–Crippen LogP) is 3.70. The van der Waals surface area contributed by atoms with E-state index in [4.69, 9.17) is 15.4 Å². The van der Waals surface area contributed by atoms with E-state index in [1.54, 1.807) is 25.4 Å². The lowest BCUT2D eigenvalue weighted by molar-refractivity contribution is 0.311. The highest BCUT2D eigenvalue weighted by atomic mass is 79.9. The number of aromatic nitrogens is 1. The average molecular weight is 391 g/mol. The summed E-state index contributed by atoms with van der Waals surface area (Å²) >= 11 is 3.26. The van der Waals surface area contributed by atoms with Crippen molar-refractivity contribution in [2.45, 2.75) is 18.2 Å². The third kappa shape index (κ3) is 4.43. The molecule has 0 fully saturated rings. The van der Waals surface area contributed by atoms with Gasteiger partial charge in [0.15, 0.2) is 0 Å². The SMILES string of the molecule is Cc1cc(Br)cc(S(=O)(=O)Cl)c1OCCc1cccnc1. The van der Waals surface area contributed by atoms with E-state index in [1.807, 2.05) is 12.1 Å². The number of rotatable bonds is 5. The minimum Gasteiger partial charge on any atom is -0.492 e. The number of ether oxygens (including phenoxy) is 1. The Labute approximate surface area is 136 Å². The molecule has 1 heterocycles. The second kappa shape index (κ2) is 6.77. The average Bonchev–Trinajstić information content (AvgIpc) is 2.41. The van der Waals surface area contributed by atoms with Gasteiger partial charge in [-0.05, 0) is 36.2 Å². The second-order valence-corrected chi connectivity index (χ2v) is 7.90. The number of pyridine rings is 1. The second-order valence-electron chi connectivity index (χ2n) is 4.45. The van der Waals surface area contributed by atoms with Gasteiger partial charge in [0.05, 0.1) is 6.61 Å². The van der Waals surface area contributed by atoms with Crippen molar-refractivity contribution in [1.29, 1.82) is 0 Å². The van der Waals surface area contributed by atoms with Crippen LogP contribution in [0.3, 0.4) is 0 Å². The lowest BCUT2D eigenvalue weighted by atomic mass is 10.2. The molecule has 0 saturated heterocycles. The monoisotopic (exact) mass is 389 g/mol. The fraction of sp³-hybridized carbons (Fsp3) is 0.214. The van der Waals surface area contributed by atoms with Gasteiger partial charge in [-0.1, -0.05) is 22.0 Å². The Kier molecular flexibility index (Phi) is 5.24. The maximum Gasteiger partial charge on any atom is 0.265 e. The first-order valence-electron chi connectivity index (χ1n) is 6.14. The predicted molar refractivity (Wildman–Crippen MR) is 85.4 cm³/mol. The van der Waals surface area contributed by atoms with Crippen molar-refractivity contribution in [3.63, 3.8) is 0 Å². The third-order valence-electron chi connectivity index (χ3n) is 2.83. The van der Waals surface area contributed by atoms with Gasteiger partial charge in [-0.2, -0.15) is 0 Å². The lowest BCUT2D eigenvalue weighted by Gasteiger charge is -2.13. The zero-order valence-corrected chi connectivity index (χ0v) is 14.4. The molecule has 2 aromatic rings. The molecular formula is C14H13BrClNO3S. The number of hydrogen-bond donors (Lipinski definition) is 0. The van der Waals surface area contributed by atoms with E-state index in [1.165, 1.54) is 6.07 Å². The van der Waals surface area contributed by atoms with Crippen LogP contribution in [0.2, 0.25) is 0 Å². The molecule has 0 aliphatic heterocycles. The molecule has 0 spiro atoms. The van der Waals surface area contributed by atoms with Crippen molar-refractivity contribution in [2.75, 3.05) is 6.61 Å². The van der Waals surface area contributed by atoms with Crippen LogP contribution in [-0.2, 0) is 15.5 Å². The van der Waals surface area contributed by atoms with Crippen molar-refractivity contribution in [2.24, 2.45) is 0 Å². The molecule has 1 aromatic heterocycles. The van der Waals surface area contributed by atoms with Crippen LogP contribution in [0, 0.1) is 6.92 Å². The van der Waals surface area contributed by atoms with Crippen LogP contribution in [0.4, 0.5) is 0 Å². The van der Waals surface area contributed by atoms with Crippen molar-refractivity contribution in [3.8, 4) is 5.75 Å². The summed E-state index contributed by atoms with van der Waals surface area (Å²) in [4.78, 5) is 3.99. The normalized spacial score (nSPS) is 11.4. The molecule has 112 valence electrons. The summed E-state index contributed by atoms with van der Waals surface area (Å²) in [6, 6.07) is 7.00. The van der Waals surface area contributed by atoms with Crippen molar-refractivity contribution in [3.05, 3.63) is 52.3 Å². The molecule has 2 rings (SSSR count). The van der Waals surface area contributed by atoms with Gasteiger partial charge < -0.3 is 4.74 Å². The topological polar surface area (TPSA) is 56.3 Å². The molecule has 0 aliphatic rings. The van der Waals surface area contributed by atoms with Gasteiger partial charge in [-0.15, -0.1) is 0 Å². The molecule has 21 heavy (non-hydrogen) atoms. The summed E-state index contributed by atoms with van der Waals surface area (Å²) in [5.74, 6) is 0.289. The van der Waals surface area contributed by atoms with E-state index in [0.29, 0.717) is 23.1 Å². The molecule has 0 unspecified atom stereocenters. The van der Waals surface area contributed by atoms with Crippen LogP contribution < -0.4 is 4.74 Å². The molecule has 0 atom stereocenters. The highest BCUT2D eigenvalue weighted by molar-refractivity contribution is 9.10. The smallest absolute Gasteiger partial charge is 0.265 e. The van der Waals surface area contributed by atoms with Gasteiger partial charge in [0, 0.05) is 34.0 Å². The van der Waals surface area contributed by atoms with E-state index in [9.17, 15) is 8.42 Å². The van der Waals surface area contributed by atoms with Gasteiger partial charge in [0.2, 0.25) is 0 Å². The van der Waals surface area contributed by atoms with Crippen molar-refractivity contribution < 1.29 is 13.2 Å². The minimum absolute atomic E-state index is 0.0257. The summed E-state index contributed by atoms with van der Waals surface area (Å²) in [6.07, 6.45) is 4.07. The van der Waals surface area contributed by atoms with E-state index in [-0.39, 0.29) is 10.6 Å². The standard InChI is InChI=1S/C14H13BrClNO3S/c1-10-7-12(15)8-13(21(16,18)19)14(10)20-6-4-11-3-2-5-17-9-11/h2-3,5,7-9H,4,6H2,1H3. The van der Waals surface area contributed by atoms with Crippen LogP contribution in [0.5, 0.6) is 5.75 Å². The van der Waals surface area contributed by atoms with Crippen LogP contribution in [0.25, 0.3) is 0 Å². The molecule has 0 saturated carbocycles. The number of benzene rings is 1. The number of aryl methyl sites for hydroxylation is 1. The molecule has 0 amide bonds. The third-order valence-corrected chi connectivity index (χ3v) is 4.61. The molecule has 7 heteroatoms. The van der Waals surface area contributed by atoms with Gasteiger partial charge in [0.1, 0.15) is 10.6 Å². The Balaban J connectivity index is 2.20. The van der Waals surface area contributed by atoms with E-state index in [0.717, 1.165) is 5.56 Å². The lowest BCUT2D eigenvalue weighted by Crippen LogP contribution is -2.06. The summed E-state index contributed by atoms with van der Waals surface area (Å²) in [5, 5.41) is 0. The van der Waals surface area contributed by atoms with E-state index in [2.05, 4.69) is 20.9 Å². The fourth-order valence-electron chi connectivity index (χ4n) is 1.88. The summed E-state index contributed by atoms with van der Waals surface area (Å²) in [6.45, 7) is 2.11. The minimum atomic E-state index is -3.87. The van der Waals surface area contributed by atoms with E-state index >= 15 is 0 Å². The number of halogens is 2.